The monoisotopic (exact) mass is 182 g/mol. The maximum atomic E-state index is 10.9. The molecule has 0 aromatic carbocycles. The first kappa shape index (κ1) is 12.0. The third kappa shape index (κ3) is 8.90. The Bertz CT molecular complexity index is 172. The number of unbranched alkanes of at least 4 members (excludes halogenated alkanes) is 1. The summed E-state index contributed by atoms with van der Waals surface area (Å²) in [5, 5.41) is 5.89. The molecule has 0 aliphatic heterocycles. The number of terminal acetylenes is 1. The van der Waals surface area contributed by atoms with Gasteiger partial charge in [0, 0.05) is 25.9 Å². The Labute approximate surface area is 80.3 Å². The fourth-order valence-corrected chi connectivity index (χ4v) is 0.928. The van der Waals surface area contributed by atoms with Gasteiger partial charge < -0.3 is 10.6 Å². The van der Waals surface area contributed by atoms with Crippen molar-refractivity contribution in [3.05, 3.63) is 0 Å². The molecule has 1 amide bonds. The van der Waals surface area contributed by atoms with Crippen LogP contribution in [0.2, 0.25) is 0 Å². The van der Waals surface area contributed by atoms with E-state index < -0.39 is 0 Å². The Kier molecular flexibility index (Phi) is 8.38. The molecule has 0 aliphatic rings. The molecule has 0 aliphatic carbocycles. The highest BCUT2D eigenvalue weighted by Crippen LogP contribution is 1.83. The van der Waals surface area contributed by atoms with Crippen molar-refractivity contribution in [2.45, 2.75) is 26.2 Å². The van der Waals surface area contributed by atoms with Crippen LogP contribution in [-0.2, 0) is 4.79 Å². The van der Waals surface area contributed by atoms with E-state index in [1.54, 1.807) is 0 Å². The van der Waals surface area contributed by atoms with E-state index in [0.29, 0.717) is 13.0 Å². The number of nitrogens with one attached hydrogen (secondary N) is 2. The Morgan fingerprint density at radius 1 is 1.46 bits per heavy atom. The molecule has 0 fully saturated rings. The van der Waals surface area contributed by atoms with Crippen LogP contribution in [0, 0.1) is 12.3 Å². The second kappa shape index (κ2) is 9.08. The van der Waals surface area contributed by atoms with Crippen molar-refractivity contribution in [1.82, 2.24) is 10.6 Å². The first-order valence-corrected chi connectivity index (χ1v) is 4.72. The Balaban J connectivity index is 3.07. The van der Waals surface area contributed by atoms with Gasteiger partial charge in [-0.1, -0.05) is 0 Å². The number of hydrogen-bond donors (Lipinski definition) is 2. The molecule has 0 saturated heterocycles. The van der Waals surface area contributed by atoms with Gasteiger partial charge in [0.2, 0.25) is 5.91 Å². The van der Waals surface area contributed by atoms with Crippen LogP contribution < -0.4 is 10.6 Å². The molecule has 74 valence electrons. The molecular formula is C10H18N2O. The highest BCUT2D eigenvalue weighted by Gasteiger charge is 1.96. The molecule has 13 heavy (non-hydrogen) atoms. The summed E-state index contributed by atoms with van der Waals surface area (Å²) < 4.78 is 0. The number of hydrogen-bond acceptors (Lipinski definition) is 2. The summed E-state index contributed by atoms with van der Waals surface area (Å²) in [5.74, 6) is 2.67. The van der Waals surface area contributed by atoms with Gasteiger partial charge in [-0.25, -0.2) is 0 Å². The van der Waals surface area contributed by atoms with Gasteiger partial charge in [-0.2, -0.15) is 0 Å². The summed E-state index contributed by atoms with van der Waals surface area (Å²) in [6, 6.07) is 0. The van der Waals surface area contributed by atoms with Gasteiger partial charge in [0.1, 0.15) is 0 Å². The lowest BCUT2D eigenvalue weighted by atomic mass is 10.3. The average molecular weight is 182 g/mol. The van der Waals surface area contributed by atoms with E-state index in [1.807, 2.05) is 6.92 Å². The largest absolute Gasteiger partial charge is 0.356 e. The lowest BCUT2D eigenvalue weighted by Gasteiger charge is -2.03. The summed E-state index contributed by atoms with van der Waals surface area (Å²) in [6.07, 6.45) is 7.41. The predicted molar refractivity (Wildman–Crippen MR) is 54.2 cm³/mol. The molecule has 3 heteroatoms. The first-order chi connectivity index (χ1) is 6.31. The second-order valence-electron chi connectivity index (χ2n) is 2.76. The molecule has 0 aromatic heterocycles. The van der Waals surface area contributed by atoms with Crippen LogP contribution in [0.25, 0.3) is 0 Å². The van der Waals surface area contributed by atoms with E-state index in [1.165, 1.54) is 0 Å². The molecule has 2 N–H and O–H groups in total. The summed E-state index contributed by atoms with van der Waals surface area (Å²) in [4.78, 5) is 10.9. The smallest absolute Gasteiger partial charge is 0.221 e. The van der Waals surface area contributed by atoms with E-state index in [-0.39, 0.29) is 5.91 Å². The van der Waals surface area contributed by atoms with Gasteiger partial charge in [0.05, 0.1) is 0 Å². The van der Waals surface area contributed by atoms with Crippen molar-refractivity contribution in [3.8, 4) is 12.3 Å². The number of carbonyl (C=O) groups excluding carboxylic acids is 1. The molecule has 0 bridgehead atoms. The van der Waals surface area contributed by atoms with Gasteiger partial charge in [-0.15, -0.1) is 12.3 Å². The number of amides is 1. The highest BCUT2D eigenvalue weighted by atomic mass is 16.1. The molecule has 0 aromatic rings. The summed E-state index contributed by atoms with van der Waals surface area (Å²) in [5.41, 5.74) is 0. The predicted octanol–water partition coefficient (Wildman–Crippen LogP) is 0.516. The van der Waals surface area contributed by atoms with E-state index in [2.05, 4.69) is 16.6 Å². The van der Waals surface area contributed by atoms with Gasteiger partial charge in [-0.05, 0) is 19.9 Å². The molecule has 0 atom stereocenters. The van der Waals surface area contributed by atoms with Gasteiger partial charge in [0.25, 0.3) is 0 Å². The summed E-state index contributed by atoms with van der Waals surface area (Å²) in [6.45, 7) is 4.24. The highest BCUT2D eigenvalue weighted by molar-refractivity contribution is 5.75. The summed E-state index contributed by atoms with van der Waals surface area (Å²) >= 11 is 0. The number of rotatable bonds is 7. The van der Waals surface area contributed by atoms with Crippen LogP contribution >= 0.6 is 0 Å². The first-order valence-electron chi connectivity index (χ1n) is 4.72. The Hall–Kier alpha value is -1.01. The fraction of sp³-hybridized carbons (Fsp3) is 0.700. The third-order valence-corrected chi connectivity index (χ3v) is 1.58. The second-order valence-corrected chi connectivity index (χ2v) is 2.76. The number of carbonyl (C=O) groups is 1. The van der Waals surface area contributed by atoms with Crippen LogP contribution in [0.15, 0.2) is 0 Å². The average Bonchev–Trinajstić information content (AvgIpc) is 2.11. The minimum absolute atomic E-state index is 0.104. The molecular weight excluding hydrogens is 164 g/mol. The van der Waals surface area contributed by atoms with Crippen molar-refractivity contribution < 1.29 is 4.79 Å². The Morgan fingerprint density at radius 3 is 2.85 bits per heavy atom. The fourth-order valence-electron chi connectivity index (χ4n) is 0.928. The minimum Gasteiger partial charge on any atom is -0.356 e. The molecule has 0 saturated carbocycles. The van der Waals surface area contributed by atoms with Crippen LogP contribution in [0.1, 0.15) is 26.2 Å². The van der Waals surface area contributed by atoms with Gasteiger partial charge in [-0.3, -0.25) is 4.79 Å². The van der Waals surface area contributed by atoms with Crippen LogP contribution in [0.5, 0.6) is 0 Å². The summed E-state index contributed by atoms with van der Waals surface area (Å²) in [7, 11) is 0. The van der Waals surface area contributed by atoms with Crippen molar-refractivity contribution in [3.63, 3.8) is 0 Å². The SMILES string of the molecule is C#CCCCNCCC(=O)NCC. The molecule has 0 rings (SSSR count). The van der Waals surface area contributed by atoms with E-state index in [4.69, 9.17) is 6.42 Å². The van der Waals surface area contributed by atoms with E-state index >= 15 is 0 Å². The third-order valence-electron chi connectivity index (χ3n) is 1.58. The van der Waals surface area contributed by atoms with Crippen molar-refractivity contribution in [2.75, 3.05) is 19.6 Å². The van der Waals surface area contributed by atoms with Crippen LogP contribution in [0.4, 0.5) is 0 Å². The zero-order chi connectivity index (χ0) is 9.94. The Morgan fingerprint density at radius 2 is 2.23 bits per heavy atom. The molecule has 0 heterocycles. The molecule has 0 unspecified atom stereocenters. The maximum Gasteiger partial charge on any atom is 0.221 e. The molecule has 0 radical (unpaired) electrons. The maximum absolute atomic E-state index is 10.9. The molecule has 3 nitrogen and oxygen atoms in total. The standard InChI is InChI=1S/C10H18N2O/c1-3-5-6-8-11-9-7-10(13)12-4-2/h1,11H,4-9H2,2H3,(H,12,13). The topological polar surface area (TPSA) is 41.1 Å². The quantitative estimate of drug-likeness (QED) is 0.445. The lowest BCUT2D eigenvalue weighted by molar-refractivity contribution is -0.120. The van der Waals surface area contributed by atoms with E-state index in [9.17, 15) is 4.79 Å². The van der Waals surface area contributed by atoms with Crippen molar-refractivity contribution in [1.29, 1.82) is 0 Å². The van der Waals surface area contributed by atoms with Gasteiger partial charge >= 0.3 is 0 Å². The normalized spacial score (nSPS) is 9.23. The van der Waals surface area contributed by atoms with Crippen molar-refractivity contribution in [2.24, 2.45) is 0 Å². The minimum atomic E-state index is 0.104. The van der Waals surface area contributed by atoms with Crippen molar-refractivity contribution >= 4 is 5.91 Å². The van der Waals surface area contributed by atoms with E-state index in [0.717, 1.165) is 25.9 Å². The zero-order valence-corrected chi connectivity index (χ0v) is 8.23. The zero-order valence-electron chi connectivity index (χ0n) is 8.23. The van der Waals surface area contributed by atoms with Gasteiger partial charge in [0.15, 0.2) is 0 Å². The van der Waals surface area contributed by atoms with Crippen LogP contribution in [0.3, 0.4) is 0 Å². The lowest BCUT2D eigenvalue weighted by Crippen LogP contribution is -2.27. The molecule has 0 spiro atoms. The van der Waals surface area contributed by atoms with Crippen LogP contribution in [-0.4, -0.2) is 25.5 Å².